The lowest BCUT2D eigenvalue weighted by Crippen LogP contribution is -2.48. The van der Waals surface area contributed by atoms with E-state index in [2.05, 4.69) is 29.3 Å². The average molecular weight is 388 g/mol. The number of pyridine rings is 1. The summed E-state index contributed by atoms with van der Waals surface area (Å²) in [6.45, 7) is 3.51. The van der Waals surface area contributed by atoms with Crippen molar-refractivity contribution in [2.24, 2.45) is 17.8 Å². The molecule has 4 saturated carbocycles. The van der Waals surface area contributed by atoms with Crippen molar-refractivity contribution in [1.82, 2.24) is 4.98 Å². The second kappa shape index (κ2) is 7.12. The van der Waals surface area contributed by atoms with Crippen molar-refractivity contribution < 1.29 is 9.53 Å². The molecule has 0 unspecified atom stereocenters. The Bertz CT molecular complexity index is 922. The number of ether oxygens (including phenoxy) is 1. The molecule has 0 amide bonds. The Labute approximate surface area is 173 Å². The minimum atomic E-state index is -0.238. The Morgan fingerprint density at radius 2 is 1.76 bits per heavy atom. The molecule has 2 aromatic rings. The molecule has 150 valence electrons. The summed E-state index contributed by atoms with van der Waals surface area (Å²) in [5.74, 6) is 3.04. The van der Waals surface area contributed by atoms with Crippen LogP contribution in [0.2, 0.25) is 0 Å². The third-order valence-corrected chi connectivity index (χ3v) is 7.28. The smallest absolute Gasteiger partial charge is 0.308 e. The van der Waals surface area contributed by atoms with Crippen LogP contribution in [0.1, 0.15) is 63.5 Å². The number of hydrogen-bond donors (Lipinski definition) is 0. The molecule has 29 heavy (non-hydrogen) atoms. The fourth-order valence-corrected chi connectivity index (χ4v) is 6.66. The molecule has 3 heteroatoms. The molecule has 3 nitrogen and oxygen atoms in total. The Morgan fingerprint density at radius 1 is 1.07 bits per heavy atom. The van der Waals surface area contributed by atoms with Crippen molar-refractivity contribution in [3.05, 3.63) is 53.7 Å². The number of benzene rings is 1. The summed E-state index contributed by atoms with van der Waals surface area (Å²) in [6.07, 6.45) is 13.9. The number of aromatic nitrogens is 1. The third kappa shape index (κ3) is 3.41. The predicted octanol–water partition coefficient (Wildman–Crippen LogP) is 6.17. The van der Waals surface area contributed by atoms with Crippen LogP contribution in [0.5, 0.6) is 5.75 Å². The molecule has 6 rings (SSSR count). The first-order valence-corrected chi connectivity index (χ1v) is 11.0. The lowest BCUT2D eigenvalue weighted by Gasteiger charge is -2.57. The van der Waals surface area contributed by atoms with E-state index in [1.807, 2.05) is 31.3 Å². The van der Waals surface area contributed by atoms with Gasteiger partial charge in [-0.25, -0.2) is 0 Å². The molecular formula is C26H29NO2. The lowest BCUT2D eigenvalue weighted by molar-refractivity contribution is -0.132. The monoisotopic (exact) mass is 387 g/mol. The summed E-state index contributed by atoms with van der Waals surface area (Å²) in [5.41, 5.74) is 4.59. The van der Waals surface area contributed by atoms with Gasteiger partial charge in [0.1, 0.15) is 5.75 Å². The van der Waals surface area contributed by atoms with Gasteiger partial charge in [0.2, 0.25) is 0 Å². The molecule has 1 heterocycles. The van der Waals surface area contributed by atoms with Crippen LogP contribution in [0.15, 0.2) is 42.6 Å². The molecule has 4 aliphatic rings. The van der Waals surface area contributed by atoms with E-state index < -0.39 is 0 Å². The van der Waals surface area contributed by atoms with Crippen molar-refractivity contribution in [1.29, 1.82) is 0 Å². The largest absolute Gasteiger partial charge is 0.426 e. The fraction of sp³-hybridized carbons (Fsp3) is 0.462. The molecule has 4 bridgehead atoms. The van der Waals surface area contributed by atoms with E-state index in [0.29, 0.717) is 0 Å². The van der Waals surface area contributed by atoms with Crippen LogP contribution in [0.25, 0.3) is 17.3 Å². The second-order valence-electron chi connectivity index (χ2n) is 9.48. The van der Waals surface area contributed by atoms with E-state index in [-0.39, 0.29) is 11.4 Å². The van der Waals surface area contributed by atoms with Gasteiger partial charge in [-0.3, -0.25) is 9.78 Å². The third-order valence-electron chi connectivity index (χ3n) is 7.28. The molecule has 4 aliphatic carbocycles. The zero-order valence-electron chi connectivity index (χ0n) is 17.4. The molecule has 0 radical (unpaired) electrons. The van der Waals surface area contributed by atoms with Crippen molar-refractivity contribution in [3.63, 3.8) is 0 Å². The van der Waals surface area contributed by atoms with Gasteiger partial charge in [0.05, 0.1) is 5.69 Å². The first-order valence-electron chi connectivity index (χ1n) is 11.0. The minimum absolute atomic E-state index is 0.167. The summed E-state index contributed by atoms with van der Waals surface area (Å²) in [6, 6.07) is 10.5. The fourth-order valence-electron chi connectivity index (χ4n) is 6.66. The number of nitrogens with zero attached hydrogens (tertiary/aromatic N) is 1. The molecule has 1 aromatic heterocycles. The van der Waals surface area contributed by atoms with Gasteiger partial charge >= 0.3 is 5.97 Å². The van der Waals surface area contributed by atoms with Gasteiger partial charge in [0.25, 0.3) is 0 Å². The van der Waals surface area contributed by atoms with Gasteiger partial charge in [-0.2, -0.15) is 0 Å². The predicted molar refractivity (Wildman–Crippen MR) is 116 cm³/mol. The maximum Gasteiger partial charge on any atom is 0.308 e. The number of rotatable bonds is 4. The molecule has 4 fully saturated rings. The lowest BCUT2D eigenvalue weighted by atomic mass is 9.48. The van der Waals surface area contributed by atoms with Crippen molar-refractivity contribution in [2.75, 3.05) is 0 Å². The molecule has 0 saturated heterocycles. The maximum absolute atomic E-state index is 11.8. The SMILES string of the molecule is C/C=C/c1ccc(-c2ccc(OC(C)=O)c(C34CC5CC(CC(C5)C3)C4)c2)nc1. The van der Waals surface area contributed by atoms with Crippen LogP contribution in [-0.2, 0) is 10.2 Å². The summed E-state index contributed by atoms with van der Waals surface area (Å²) >= 11 is 0. The van der Waals surface area contributed by atoms with Gasteiger partial charge in [0, 0.05) is 24.2 Å². The number of carbonyl (C=O) groups is 1. The normalized spacial score (nSPS) is 30.1. The minimum Gasteiger partial charge on any atom is -0.426 e. The van der Waals surface area contributed by atoms with Crippen LogP contribution in [0.3, 0.4) is 0 Å². The maximum atomic E-state index is 11.8. The van der Waals surface area contributed by atoms with Crippen LogP contribution >= 0.6 is 0 Å². The van der Waals surface area contributed by atoms with E-state index in [0.717, 1.165) is 40.3 Å². The molecular weight excluding hydrogens is 358 g/mol. The van der Waals surface area contributed by atoms with Gasteiger partial charge in [0.15, 0.2) is 0 Å². The molecule has 0 spiro atoms. The highest BCUT2D eigenvalue weighted by Crippen LogP contribution is 2.62. The van der Waals surface area contributed by atoms with Crippen molar-refractivity contribution in [2.45, 2.75) is 57.8 Å². The first-order chi connectivity index (χ1) is 14.0. The number of carbonyl (C=O) groups excluding carboxylic acids is 1. The number of hydrogen-bond acceptors (Lipinski definition) is 3. The zero-order chi connectivity index (χ0) is 20.0. The average Bonchev–Trinajstić information content (AvgIpc) is 2.68. The Kier molecular flexibility index (Phi) is 4.57. The van der Waals surface area contributed by atoms with Crippen LogP contribution in [0.4, 0.5) is 0 Å². The van der Waals surface area contributed by atoms with Gasteiger partial charge in [-0.05, 0) is 98.4 Å². The second-order valence-corrected chi connectivity index (χ2v) is 9.48. The zero-order valence-corrected chi connectivity index (χ0v) is 17.4. The van der Waals surface area contributed by atoms with E-state index in [1.165, 1.54) is 51.0 Å². The Morgan fingerprint density at radius 3 is 2.31 bits per heavy atom. The van der Waals surface area contributed by atoms with E-state index >= 15 is 0 Å². The van der Waals surface area contributed by atoms with Crippen molar-refractivity contribution in [3.8, 4) is 17.0 Å². The van der Waals surface area contributed by atoms with E-state index in [1.54, 1.807) is 0 Å². The van der Waals surface area contributed by atoms with Gasteiger partial charge < -0.3 is 4.74 Å². The number of esters is 1. The summed E-state index contributed by atoms with van der Waals surface area (Å²) < 4.78 is 5.71. The quantitative estimate of drug-likeness (QED) is 0.465. The highest BCUT2D eigenvalue weighted by atomic mass is 16.5. The van der Waals surface area contributed by atoms with Crippen molar-refractivity contribution >= 4 is 12.0 Å². The Balaban J connectivity index is 1.57. The van der Waals surface area contributed by atoms with Crippen LogP contribution in [0, 0.1) is 17.8 Å². The highest BCUT2D eigenvalue weighted by molar-refractivity contribution is 5.72. The van der Waals surface area contributed by atoms with Gasteiger partial charge in [-0.1, -0.05) is 18.2 Å². The molecule has 1 aromatic carbocycles. The Hall–Kier alpha value is -2.42. The highest BCUT2D eigenvalue weighted by Gasteiger charge is 2.52. The number of allylic oxidation sites excluding steroid dienone is 1. The molecule has 0 atom stereocenters. The van der Waals surface area contributed by atoms with E-state index in [4.69, 9.17) is 4.74 Å². The topological polar surface area (TPSA) is 39.2 Å². The van der Waals surface area contributed by atoms with Crippen LogP contribution in [-0.4, -0.2) is 11.0 Å². The summed E-state index contributed by atoms with van der Waals surface area (Å²) in [4.78, 5) is 16.5. The van der Waals surface area contributed by atoms with E-state index in [9.17, 15) is 4.79 Å². The molecule has 0 N–H and O–H groups in total. The summed E-state index contributed by atoms with van der Waals surface area (Å²) in [5, 5.41) is 0. The van der Waals surface area contributed by atoms with Gasteiger partial charge in [-0.15, -0.1) is 0 Å². The molecule has 0 aliphatic heterocycles. The van der Waals surface area contributed by atoms with Crippen LogP contribution < -0.4 is 4.74 Å². The standard InChI is InChI=1S/C26H29NO2/c1-3-4-18-5-7-24(27-16-18)22-6-8-25(29-17(2)28)23(12-22)26-13-19-9-20(14-26)11-21(10-19)15-26/h3-8,12,16,19-21H,9-11,13-15H2,1-2H3/b4-3+. The summed E-state index contributed by atoms with van der Waals surface area (Å²) in [7, 11) is 0. The first kappa shape index (κ1) is 18.6.